The molecule has 0 fully saturated rings. The largest absolute Gasteiger partial charge is 0.330 e. The predicted molar refractivity (Wildman–Crippen MR) is 60.1 cm³/mol. The maximum absolute atomic E-state index is 12.0. The third kappa shape index (κ3) is 1.51. The van der Waals surface area contributed by atoms with Gasteiger partial charge in [-0.3, -0.25) is 14.5 Å². The number of fused-ring (bicyclic) bond motifs is 1. The average Bonchev–Trinajstić information content (AvgIpc) is 2.53. The summed E-state index contributed by atoms with van der Waals surface area (Å²) in [6.45, 7) is 2.31. The smallest absolute Gasteiger partial charge is 0.261 e. The van der Waals surface area contributed by atoms with Crippen LogP contribution in [0.25, 0.3) is 0 Å². The summed E-state index contributed by atoms with van der Waals surface area (Å²) in [7, 11) is 0. The average molecular weight is 218 g/mol. The molecule has 2 amide bonds. The van der Waals surface area contributed by atoms with Crippen LogP contribution in [-0.2, 0) is 0 Å². The topological polar surface area (TPSA) is 63.4 Å². The molecule has 1 heterocycles. The fourth-order valence-corrected chi connectivity index (χ4v) is 1.98. The van der Waals surface area contributed by atoms with Crippen LogP contribution < -0.4 is 5.73 Å². The summed E-state index contributed by atoms with van der Waals surface area (Å²) in [6.07, 6.45) is 0.630. The van der Waals surface area contributed by atoms with Gasteiger partial charge in [-0.25, -0.2) is 0 Å². The maximum atomic E-state index is 12.0. The third-order valence-electron chi connectivity index (χ3n) is 2.85. The van der Waals surface area contributed by atoms with Gasteiger partial charge in [0.15, 0.2) is 0 Å². The number of carbonyl (C=O) groups is 2. The van der Waals surface area contributed by atoms with Crippen LogP contribution in [0, 0.1) is 0 Å². The van der Waals surface area contributed by atoms with Crippen molar-refractivity contribution in [2.45, 2.75) is 19.4 Å². The van der Waals surface area contributed by atoms with Crippen molar-refractivity contribution >= 4 is 11.8 Å². The lowest BCUT2D eigenvalue weighted by molar-refractivity contribution is 0.0592. The Hall–Kier alpha value is -1.68. The molecule has 0 saturated carbocycles. The Morgan fingerprint density at radius 2 is 1.69 bits per heavy atom. The van der Waals surface area contributed by atoms with E-state index in [1.54, 1.807) is 24.3 Å². The van der Waals surface area contributed by atoms with Crippen LogP contribution in [-0.4, -0.2) is 29.3 Å². The van der Waals surface area contributed by atoms with E-state index in [0.717, 1.165) is 0 Å². The first-order chi connectivity index (χ1) is 7.66. The first-order valence-electron chi connectivity index (χ1n) is 5.33. The summed E-state index contributed by atoms with van der Waals surface area (Å²) in [5.74, 6) is -0.414. The fourth-order valence-electron chi connectivity index (χ4n) is 1.98. The third-order valence-corrected chi connectivity index (χ3v) is 2.85. The minimum absolute atomic E-state index is 0.141. The Morgan fingerprint density at radius 1 is 1.19 bits per heavy atom. The monoisotopic (exact) mass is 218 g/mol. The van der Waals surface area contributed by atoms with Gasteiger partial charge in [0.05, 0.1) is 11.1 Å². The van der Waals surface area contributed by atoms with Crippen molar-refractivity contribution in [3.8, 4) is 0 Å². The molecule has 1 aromatic carbocycles. The van der Waals surface area contributed by atoms with Crippen molar-refractivity contribution in [3.05, 3.63) is 35.4 Å². The molecular formula is C12H14N2O2. The van der Waals surface area contributed by atoms with E-state index in [1.165, 1.54) is 4.90 Å². The second-order valence-electron chi connectivity index (χ2n) is 3.95. The summed E-state index contributed by atoms with van der Waals surface area (Å²) in [5.41, 5.74) is 6.44. The zero-order valence-corrected chi connectivity index (χ0v) is 9.14. The second-order valence-corrected chi connectivity index (χ2v) is 3.95. The molecule has 1 aliphatic heterocycles. The molecule has 16 heavy (non-hydrogen) atoms. The lowest BCUT2D eigenvalue weighted by atomic mass is 10.1. The molecule has 2 N–H and O–H groups in total. The number of hydrogen-bond donors (Lipinski definition) is 1. The Labute approximate surface area is 94.0 Å². The van der Waals surface area contributed by atoms with Crippen molar-refractivity contribution in [2.24, 2.45) is 5.73 Å². The number of carbonyl (C=O) groups excluding carboxylic acids is 2. The van der Waals surface area contributed by atoms with Gasteiger partial charge in [-0.1, -0.05) is 12.1 Å². The van der Waals surface area contributed by atoms with Crippen molar-refractivity contribution in [2.75, 3.05) is 6.54 Å². The number of nitrogens with zero attached hydrogens (tertiary/aromatic N) is 1. The van der Waals surface area contributed by atoms with Crippen molar-refractivity contribution in [1.82, 2.24) is 4.90 Å². The Morgan fingerprint density at radius 3 is 2.12 bits per heavy atom. The summed E-state index contributed by atoms with van der Waals surface area (Å²) in [6, 6.07) is 6.76. The number of amides is 2. The summed E-state index contributed by atoms with van der Waals surface area (Å²) in [4.78, 5) is 25.3. The van der Waals surface area contributed by atoms with Gasteiger partial charge in [0.1, 0.15) is 0 Å². The standard InChI is InChI=1S/C12H14N2O2/c1-8(6-7-13)14-11(15)9-4-2-3-5-10(9)12(14)16/h2-5,8H,6-7,13H2,1H3. The molecule has 0 bridgehead atoms. The van der Waals surface area contributed by atoms with Gasteiger partial charge in [-0.15, -0.1) is 0 Å². The molecule has 2 rings (SSSR count). The number of hydrogen-bond acceptors (Lipinski definition) is 3. The Balaban J connectivity index is 2.35. The lowest BCUT2D eigenvalue weighted by Gasteiger charge is -2.21. The van der Waals surface area contributed by atoms with E-state index in [4.69, 9.17) is 5.73 Å². The summed E-state index contributed by atoms with van der Waals surface area (Å²) >= 11 is 0. The molecule has 4 nitrogen and oxygen atoms in total. The van der Waals surface area contributed by atoms with E-state index in [1.807, 2.05) is 6.92 Å². The minimum Gasteiger partial charge on any atom is -0.330 e. The van der Waals surface area contributed by atoms with E-state index < -0.39 is 0 Å². The maximum Gasteiger partial charge on any atom is 0.261 e. The Bertz CT molecular complexity index is 407. The molecule has 0 spiro atoms. The quantitative estimate of drug-likeness (QED) is 0.770. The first kappa shape index (κ1) is 10.8. The number of nitrogens with two attached hydrogens (primary N) is 1. The van der Waals surface area contributed by atoms with Gasteiger partial charge in [0, 0.05) is 6.04 Å². The second kappa shape index (κ2) is 4.06. The van der Waals surface area contributed by atoms with Crippen molar-refractivity contribution < 1.29 is 9.59 Å². The molecule has 0 radical (unpaired) electrons. The van der Waals surface area contributed by atoms with Gasteiger partial charge in [-0.2, -0.15) is 0 Å². The number of rotatable bonds is 3. The fraction of sp³-hybridized carbons (Fsp3) is 0.333. The van der Waals surface area contributed by atoms with Crippen LogP contribution in [0.4, 0.5) is 0 Å². The highest BCUT2D eigenvalue weighted by Gasteiger charge is 2.37. The van der Waals surface area contributed by atoms with Gasteiger partial charge in [0.2, 0.25) is 0 Å². The van der Waals surface area contributed by atoms with Gasteiger partial charge in [-0.05, 0) is 32.0 Å². The molecule has 1 unspecified atom stereocenters. The minimum atomic E-state index is -0.207. The predicted octanol–water partition coefficient (Wildman–Crippen LogP) is 1.02. The van der Waals surface area contributed by atoms with Gasteiger partial charge in [0.25, 0.3) is 11.8 Å². The highest BCUT2D eigenvalue weighted by molar-refractivity contribution is 6.21. The zero-order valence-electron chi connectivity index (χ0n) is 9.14. The van der Waals surface area contributed by atoms with Crippen LogP contribution in [0.2, 0.25) is 0 Å². The first-order valence-corrected chi connectivity index (χ1v) is 5.33. The zero-order chi connectivity index (χ0) is 11.7. The molecule has 0 saturated heterocycles. The summed E-state index contributed by atoms with van der Waals surface area (Å²) < 4.78 is 0. The van der Waals surface area contributed by atoms with Crippen LogP contribution in [0.5, 0.6) is 0 Å². The molecule has 1 atom stereocenters. The molecule has 1 aromatic rings. The normalized spacial score (nSPS) is 16.5. The van der Waals surface area contributed by atoms with E-state index in [9.17, 15) is 9.59 Å². The van der Waals surface area contributed by atoms with Crippen LogP contribution >= 0.6 is 0 Å². The number of imide groups is 1. The van der Waals surface area contributed by atoms with Gasteiger partial charge < -0.3 is 5.73 Å². The van der Waals surface area contributed by atoms with Crippen LogP contribution in [0.3, 0.4) is 0 Å². The van der Waals surface area contributed by atoms with Crippen LogP contribution in [0.15, 0.2) is 24.3 Å². The molecule has 4 heteroatoms. The molecule has 0 aromatic heterocycles. The molecule has 1 aliphatic rings. The van der Waals surface area contributed by atoms with Gasteiger partial charge >= 0.3 is 0 Å². The van der Waals surface area contributed by atoms with E-state index in [0.29, 0.717) is 24.1 Å². The highest BCUT2D eigenvalue weighted by atomic mass is 16.2. The summed E-state index contributed by atoms with van der Waals surface area (Å²) in [5, 5.41) is 0. The molecule has 84 valence electrons. The number of benzene rings is 1. The van der Waals surface area contributed by atoms with E-state index in [2.05, 4.69) is 0 Å². The molecular weight excluding hydrogens is 204 g/mol. The highest BCUT2D eigenvalue weighted by Crippen LogP contribution is 2.24. The van der Waals surface area contributed by atoms with Crippen molar-refractivity contribution in [1.29, 1.82) is 0 Å². The SMILES string of the molecule is CC(CCN)N1C(=O)c2ccccc2C1=O. The van der Waals surface area contributed by atoms with E-state index in [-0.39, 0.29) is 17.9 Å². The van der Waals surface area contributed by atoms with Crippen LogP contribution in [0.1, 0.15) is 34.1 Å². The molecule has 0 aliphatic carbocycles. The Kier molecular flexibility index (Phi) is 2.75. The van der Waals surface area contributed by atoms with E-state index >= 15 is 0 Å². The van der Waals surface area contributed by atoms with Crippen molar-refractivity contribution in [3.63, 3.8) is 0 Å². The lowest BCUT2D eigenvalue weighted by Crippen LogP contribution is -2.39.